The molecule has 1 aliphatic carbocycles. The Balaban J connectivity index is 1.74. The maximum atomic E-state index is 11.8. The average molecular weight is 292 g/mol. The van der Waals surface area contributed by atoms with E-state index >= 15 is 0 Å². The minimum Gasteiger partial charge on any atom is -0.484 e. The van der Waals surface area contributed by atoms with Gasteiger partial charge in [-0.1, -0.05) is 31.7 Å². The van der Waals surface area contributed by atoms with Crippen molar-refractivity contribution < 1.29 is 14.6 Å². The zero-order chi connectivity index (χ0) is 15.1. The Kier molecular flexibility index (Phi) is 5.44. The van der Waals surface area contributed by atoms with Crippen LogP contribution in [-0.4, -0.2) is 29.8 Å². The lowest BCUT2D eigenvalue weighted by Gasteiger charge is -2.26. The molecule has 0 bridgehead atoms. The van der Waals surface area contributed by atoms with Crippen LogP contribution < -0.4 is 15.8 Å². The molecule has 1 fully saturated rings. The van der Waals surface area contributed by atoms with Crippen LogP contribution in [0.3, 0.4) is 0 Å². The van der Waals surface area contributed by atoms with Gasteiger partial charge in [0.2, 0.25) is 0 Å². The second-order valence-electron chi connectivity index (χ2n) is 5.78. The molecule has 2 rings (SSSR count). The number of carbonyl (C=O) groups is 1. The summed E-state index contributed by atoms with van der Waals surface area (Å²) in [4.78, 5) is 11.8. The average Bonchev–Trinajstić information content (AvgIpc) is 2.68. The molecule has 5 nitrogen and oxygen atoms in total. The Hall–Kier alpha value is -1.75. The van der Waals surface area contributed by atoms with Gasteiger partial charge in [0.1, 0.15) is 5.75 Å². The predicted molar refractivity (Wildman–Crippen MR) is 82.0 cm³/mol. The number of carbonyl (C=O) groups excluding carboxylic acids is 1. The Labute approximate surface area is 125 Å². The molecule has 0 unspecified atom stereocenters. The van der Waals surface area contributed by atoms with Gasteiger partial charge in [-0.25, -0.2) is 0 Å². The SMILES string of the molecule is Nc1cccc(OCC(=O)NCC2(O)CCCCCC2)c1. The number of hydrogen-bond acceptors (Lipinski definition) is 4. The van der Waals surface area contributed by atoms with Gasteiger partial charge in [-0.2, -0.15) is 0 Å². The molecule has 116 valence electrons. The lowest BCUT2D eigenvalue weighted by atomic mass is 9.94. The molecule has 4 N–H and O–H groups in total. The molecule has 0 heterocycles. The lowest BCUT2D eigenvalue weighted by molar-refractivity contribution is -0.124. The summed E-state index contributed by atoms with van der Waals surface area (Å²) in [5.41, 5.74) is 5.48. The summed E-state index contributed by atoms with van der Waals surface area (Å²) in [7, 11) is 0. The first-order valence-corrected chi connectivity index (χ1v) is 7.55. The first kappa shape index (κ1) is 15.6. The third kappa shape index (κ3) is 5.27. The van der Waals surface area contributed by atoms with Crippen LogP contribution in [-0.2, 0) is 4.79 Å². The van der Waals surface area contributed by atoms with Crippen LogP contribution in [0.25, 0.3) is 0 Å². The van der Waals surface area contributed by atoms with E-state index in [9.17, 15) is 9.90 Å². The molecular weight excluding hydrogens is 268 g/mol. The van der Waals surface area contributed by atoms with E-state index in [1.54, 1.807) is 24.3 Å². The molecule has 1 aromatic rings. The van der Waals surface area contributed by atoms with Crippen molar-refractivity contribution in [3.8, 4) is 5.75 Å². The maximum Gasteiger partial charge on any atom is 0.258 e. The fourth-order valence-corrected chi connectivity index (χ4v) is 2.63. The van der Waals surface area contributed by atoms with Gasteiger partial charge in [0.25, 0.3) is 5.91 Å². The van der Waals surface area contributed by atoms with Gasteiger partial charge in [0.15, 0.2) is 6.61 Å². The Bertz CT molecular complexity index is 468. The van der Waals surface area contributed by atoms with Crippen molar-refractivity contribution >= 4 is 11.6 Å². The highest BCUT2D eigenvalue weighted by atomic mass is 16.5. The van der Waals surface area contributed by atoms with Crippen molar-refractivity contribution in [2.75, 3.05) is 18.9 Å². The molecule has 21 heavy (non-hydrogen) atoms. The smallest absolute Gasteiger partial charge is 0.258 e. The van der Waals surface area contributed by atoms with Crippen molar-refractivity contribution in [1.82, 2.24) is 5.32 Å². The third-order valence-corrected chi connectivity index (χ3v) is 3.88. The zero-order valence-corrected chi connectivity index (χ0v) is 12.3. The van der Waals surface area contributed by atoms with E-state index in [2.05, 4.69) is 5.32 Å². The van der Waals surface area contributed by atoms with Crippen LogP contribution in [0.2, 0.25) is 0 Å². The Morgan fingerprint density at radius 1 is 1.29 bits per heavy atom. The number of benzene rings is 1. The van der Waals surface area contributed by atoms with E-state index in [1.807, 2.05) is 0 Å². The molecule has 0 aliphatic heterocycles. The highest BCUT2D eigenvalue weighted by molar-refractivity contribution is 5.77. The zero-order valence-electron chi connectivity index (χ0n) is 12.3. The van der Waals surface area contributed by atoms with Crippen LogP contribution in [0.4, 0.5) is 5.69 Å². The van der Waals surface area contributed by atoms with Crippen molar-refractivity contribution in [3.05, 3.63) is 24.3 Å². The summed E-state index contributed by atoms with van der Waals surface area (Å²) in [5.74, 6) is 0.341. The highest BCUT2D eigenvalue weighted by Crippen LogP contribution is 2.26. The number of ether oxygens (including phenoxy) is 1. The molecule has 1 saturated carbocycles. The fraction of sp³-hybridized carbons (Fsp3) is 0.562. The molecular formula is C16H24N2O3. The van der Waals surface area contributed by atoms with Crippen molar-refractivity contribution in [1.29, 1.82) is 0 Å². The summed E-state index contributed by atoms with van der Waals surface area (Å²) in [6, 6.07) is 6.96. The second-order valence-corrected chi connectivity index (χ2v) is 5.78. The summed E-state index contributed by atoms with van der Waals surface area (Å²) in [6.45, 7) is 0.228. The summed E-state index contributed by atoms with van der Waals surface area (Å²) >= 11 is 0. The van der Waals surface area contributed by atoms with Gasteiger partial charge in [-0.05, 0) is 25.0 Å². The topological polar surface area (TPSA) is 84.6 Å². The first-order chi connectivity index (χ1) is 10.1. The number of nitrogens with two attached hydrogens (primary N) is 1. The quantitative estimate of drug-likeness (QED) is 0.571. The van der Waals surface area contributed by atoms with Gasteiger partial charge in [0.05, 0.1) is 5.60 Å². The standard InChI is InChI=1S/C16H24N2O3/c17-13-6-5-7-14(10-13)21-11-15(19)18-12-16(20)8-3-1-2-4-9-16/h5-7,10,20H,1-4,8-9,11-12,17H2,(H,18,19). The minimum atomic E-state index is -0.761. The normalized spacial score (nSPS) is 17.8. The first-order valence-electron chi connectivity index (χ1n) is 7.55. The number of hydrogen-bond donors (Lipinski definition) is 3. The van der Waals surface area contributed by atoms with Gasteiger partial charge < -0.3 is 20.9 Å². The molecule has 5 heteroatoms. The fourth-order valence-electron chi connectivity index (χ4n) is 2.63. The Morgan fingerprint density at radius 2 is 2.00 bits per heavy atom. The van der Waals surface area contributed by atoms with Gasteiger partial charge in [0, 0.05) is 18.3 Å². The predicted octanol–water partition coefficient (Wildman–Crippen LogP) is 1.85. The molecule has 0 radical (unpaired) electrons. The molecule has 1 amide bonds. The molecule has 1 aliphatic rings. The number of amides is 1. The number of nitrogens with one attached hydrogen (secondary N) is 1. The van der Waals surface area contributed by atoms with Crippen LogP contribution in [0.1, 0.15) is 38.5 Å². The van der Waals surface area contributed by atoms with E-state index in [0.29, 0.717) is 18.0 Å². The molecule has 0 saturated heterocycles. The van der Waals surface area contributed by atoms with E-state index in [4.69, 9.17) is 10.5 Å². The third-order valence-electron chi connectivity index (χ3n) is 3.88. The van der Waals surface area contributed by atoms with E-state index in [-0.39, 0.29) is 12.5 Å². The molecule has 0 atom stereocenters. The van der Waals surface area contributed by atoms with E-state index in [1.165, 1.54) is 0 Å². The second kappa shape index (κ2) is 7.31. The number of nitrogen functional groups attached to an aromatic ring is 1. The summed E-state index contributed by atoms with van der Waals surface area (Å²) < 4.78 is 5.37. The van der Waals surface area contributed by atoms with Crippen molar-refractivity contribution in [2.24, 2.45) is 0 Å². The van der Waals surface area contributed by atoms with E-state index < -0.39 is 5.60 Å². The largest absolute Gasteiger partial charge is 0.484 e. The van der Waals surface area contributed by atoms with Crippen molar-refractivity contribution in [3.63, 3.8) is 0 Å². The van der Waals surface area contributed by atoms with E-state index in [0.717, 1.165) is 38.5 Å². The van der Waals surface area contributed by atoms with Crippen LogP contribution >= 0.6 is 0 Å². The number of anilines is 1. The number of rotatable bonds is 5. The van der Waals surface area contributed by atoms with Gasteiger partial charge >= 0.3 is 0 Å². The van der Waals surface area contributed by atoms with Gasteiger partial charge in [-0.15, -0.1) is 0 Å². The number of aliphatic hydroxyl groups is 1. The molecule has 0 spiro atoms. The lowest BCUT2D eigenvalue weighted by Crippen LogP contribution is -2.44. The van der Waals surface area contributed by atoms with Crippen LogP contribution in [0.15, 0.2) is 24.3 Å². The molecule has 1 aromatic carbocycles. The maximum absolute atomic E-state index is 11.8. The monoisotopic (exact) mass is 292 g/mol. The van der Waals surface area contributed by atoms with Crippen LogP contribution in [0.5, 0.6) is 5.75 Å². The highest BCUT2D eigenvalue weighted by Gasteiger charge is 2.28. The summed E-state index contributed by atoms with van der Waals surface area (Å²) in [5, 5.41) is 13.2. The molecule has 0 aromatic heterocycles. The summed E-state index contributed by atoms with van der Waals surface area (Å²) in [6.07, 6.45) is 5.87. The van der Waals surface area contributed by atoms with Crippen LogP contribution in [0, 0.1) is 0 Å². The van der Waals surface area contributed by atoms with Crippen molar-refractivity contribution in [2.45, 2.75) is 44.1 Å². The minimum absolute atomic E-state index is 0.0699. The Morgan fingerprint density at radius 3 is 2.67 bits per heavy atom. The van der Waals surface area contributed by atoms with Gasteiger partial charge in [-0.3, -0.25) is 4.79 Å².